The molecule has 3 N–H and O–H groups in total. The molecule has 0 spiro atoms. The van der Waals surface area contributed by atoms with Crippen molar-refractivity contribution in [2.45, 2.75) is 46.6 Å². The van der Waals surface area contributed by atoms with E-state index in [2.05, 4.69) is 42.9 Å². The summed E-state index contributed by atoms with van der Waals surface area (Å²) in [7, 11) is 0. The van der Waals surface area contributed by atoms with E-state index in [0.29, 0.717) is 23.8 Å². The fourth-order valence-electron chi connectivity index (χ4n) is 2.32. The van der Waals surface area contributed by atoms with Gasteiger partial charge < -0.3 is 16.0 Å². The van der Waals surface area contributed by atoms with Gasteiger partial charge in [-0.3, -0.25) is 4.99 Å². The molecule has 0 aromatic carbocycles. The Kier molecular flexibility index (Phi) is 9.78. The minimum atomic E-state index is 0. The summed E-state index contributed by atoms with van der Waals surface area (Å²) in [6.45, 7) is 13.0. The molecule has 0 aromatic rings. The Balaban J connectivity index is 0.00000324. The number of hydrogen-bond acceptors (Lipinski definition) is 2. The zero-order chi connectivity index (χ0) is 13.5. The summed E-state index contributed by atoms with van der Waals surface area (Å²) in [6, 6.07) is 0.653. The van der Waals surface area contributed by atoms with Gasteiger partial charge >= 0.3 is 0 Å². The van der Waals surface area contributed by atoms with E-state index < -0.39 is 0 Å². The maximum Gasteiger partial charge on any atom is 0.188 e. The van der Waals surface area contributed by atoms with Crippen LogP contribution in [0.5, 0.6) is 0 Å². The van der Waals surface area contributed by atoms with E-state index in [1.165, 1.54) is 25.9 Å². The first-order chi connectivity index (χ1) is 8.49. The van der Waals surface area contributed by atoms with Crippen molar-refractivity contribution >= 4 is 29.9 Å². The van der Waals surface area contributed by atoms with Crippen LogP contribution in [-0.4, -0.2) is 43.1 Å². The van der Waals surface area contributed by atoms with Gasteiger partial charge in [-0.05, 0) is 45.1 Å². The van der Waals surface area contributed by atoms with Gasteiger partial charge in [0.2, 0.25) is 0 Å². The minimum Gasteiger partial charge on any atom is -0.370 e. The van der Waals surface area contributed by atoms with Gasteiger partial charge in [0.1, 0.15) is 0 Å². The van der Waals surface area contributed by atoms with Crippen LogP contribution in [0.15, 0.2) is 4.99 Å². The number of likely N-dealkylation sites (tertiary alicyclic amines) is 1. The molecule has 114 valence electrons. The Labute approximate surface area is 135 Å². The lowest BCUT2D eigenvalue weighted by Crippen LogP contribution is -2.45. The highest BCUT2D eigenvalue weighted by atomic mass is 127. The molecule has 4 nitrogen and oxygen atoms in total. The summed E-state index contributed by atoms with van der Waals surface area (Å²) in [5, 5.41) is 3.27. The molecule has 1 rings (SSSR count). The third-order valence-electron chi connectivity index (χ3n) is 3.48. The van der Waals surface area contributed by atoms with Gasteiger partial charge in [0.25, 0.3) is 0 Å². The quantitative estimate of drug-likeness (QED) is 0.436. The Morgan fingerprint density at radius 1 is 1.37 bits per heavy atom. The molecule has 1 aliphatic rings. The van der Waals surface area contributed by atoms with Crippen LogP contribution in [0.4, 0.5) is 0 Å². The summed E-state index contributed by atoms with van der Waals surface area (Å²) >= 11 is 0. The van der Waals surface area contributed by atoms with Gasteiger partial charge in [-0.15, -0.1) is 24.0 Å². The zero-order valence-electron chi connectivity index (χ0n) is 12.9. The Bertz CT molecular complexity index is 266. The van der Waals surface area contributed by atoms with Gasteiger partial charge in [-0.2, -0.15) is 0 Å². The maximum atomic E-state index is 5.86. The van der Waals surface area contributed by atoms with Crippen LogP contribution in [0.1, 0.15) is 40.5 Å². The number of nitrogens with two attached hydrogens (primary N) is 1. The van der Waals surface area contributed by atoms with Gasteiger partial charge in [-0.1, -0.05) is 13.8 Å². The Morgan fingerprint density at radius 2 is 2.05 bits per heavy atom. The van der Waals surface area contributed by atoms with E-state index >= 15 is 0 Å². The molecule has 0 aromatic heterocycles. The second-order valence-electron chi connectivity index (χ2n) is 6.10. The first-order valence-corrected chi connectivity index (χ1v) is 7.27. The smallest absolute Gasteiger partial charge is 0.188 e. The van der Waals surface area contributed by atoms with E-state index in [1.807, 2.05) is 0 Å². The molecule has 1 saturated heterocycles. The second-order valence-corrected chi connectivity index (χ2v) is 6.10. The Hall–Kier alpha value is -0.0400. The standard InChI is InChI=1S/C14H30N4.HI/c1-11(2)8-16-14(15)17-9-13-6-5-7-18(10-13)12(3)4;/h11-13H,5-10H2,1-4H3,(H3,15,16,17);1H. The summed E-state index contributed by atoms with van der Waals surface area (Å²) in [4.78, 5) is 6.88. The van der Waals surface area contributed by atoms with E-state index in [0.717, 1.165) is 13.1 Å². The fourth-order valence-corrected chi connectivity index (χ4v) is 2.32. The molecule has 0 amide bonds. The predicted octanol–water partition coefficient (Wildman–Crippen LogP) is 2.29. The highest BCUT2D eigenvalue weighted by molar-refractivity contribution is 14.0. The highest BCUT2D eigenvalue weighted by Gasteiger charge is 2.21. The normalized spacial score (nSPS) is 21.6. The van der Waals surface area contributed by atoms with Crippen molar-refractivity contribution in [1.29, 1.82) is 0 Å². The van der Waals surface area contributed by atoms with Crippen molar-refractivity contribution < 1.29 is 0 Å². The van der Waals surface area contributed by atoms with Crippen molar-refractivity contribution in [3.8, 4) is 0 Å². The van der Waals surface area contributed by atoms with Crippen molar-refractivity contribution in [2.24, 2.45) is 22.6 Å². The van der Waals surface area contributed by atoms with Gasteiger partial charge in [0, 0.05) is 25.7 Å². The molecule has 1 atom stereocenters. The number of halogens is 1. The largest absolute Gasteiger partial charge is 0.370 e. The molecule has 1 heterocycles. The average Bonchev–Trinajstić information content (AvgIpc) is 2.34. The summed E-state index contributed by atoms with van der Waals surface area (Å²) in [5.74, 6) is 1.87. The molecule has 1 unspecified atom stereocenters. The maximum absolute atomic E-state index is 5.86. The van der Waals surface area contributed by atoms with E-state index in [-0.39, 0.29) is 24.0 Å². The molecular formula is C14H31IN4. The molecule has 0 saturated carbocycles. The van der Waals surface area contributed by atoms with Crippen LogP contribution in [0.25, 0.3) is 0 Å². The predicted molar refractivity (Wildman–Crippen MR) is 94.2 cm³/mol. The second kappa shape index (κ2) is 9.80. The monoisotopic (exact) mass is 382 g/mol. The number of piperidine rings is 1. The number of hydrogen-bond donors (Lipinski definition) is 2. The molecule has 19 heavy (non-hydrogen) atoms. The van der Waals surface area contributed by atoms with Crippen molar-refractivity contribution in [1.82, 2.24) is 10.2 Å². The first kappa shape index (κ1) is 19.0. The van der Waals surface area contributed by atoms with Crippen molar-refractivity contribution in [3.05, 3.63) is 0 Å². The van der Waals surface area contributed by atoms with Crippen LogP contribution in [-0.2, 0) is 0 Å². The first-order valence-electron chi connectivity index (χ1n) is 7.27. The molecule has 0 aliphatic carbocycles. The zero-order valence-corrected chi connectivity index (χ0v) is 15.2. The molecule has 1 aliphatic heterocycles. The van der Waals surface area contributed by atoms with Crippen LogP contribution in [0.3, 0.4) is 0 Å². The molecule has 0 bridgehead atoms. The molecule has 1 fully saturated rings. The lowest BCUT2D eigenvalue weighted by atomic mass is 9.97. The van der Waals surface area contributed by atoms with Crippen molar-refractivity contribution in [2.75, 3.05) is 26.2 Å². The average molecular weight is 382 g/mol. The van der Waals surface area contributed by atoms with Crippen LogP contribution in [0.2, 0.25) is 0 Å². The van der Waals surface area contributed by atoms with Crippen molar-refractivity contribution in [3.63, 3.8) is 0 Å². The molecular weight excluding hydrogens is 351 g/mol. The van der Waals surface area contributed by atoms with Gasteiger partial charge in [-0.25, -0.2) is 0 Å². The number of nitrogens with one attached hydrogen (secondary N) is 1. The molecule has 5 heteroatoms. The van der Waals surface area contributed by atoms with Gasteiger partial charge in [0.05, 0.1) is 0 Å². The topological polar surface area (TPSA) is 53.6 Å². The Morgan fingerprint density at radius 3 is 2.63 bits per heavy atom. The fraction of sp³-hybridized carbons (Fsp3) is 0.929. The number of rotatable bonds is 5. The number of guanidine groups is 1. The number of nitrogens with zero attached hydrogens (tertiary/aromatic N) is 2. The SMILES string of the molecule is CC(C)CN=C(N)NCC1CCCN(C(C)C)C1.I. The summed E-state index contributed by atoms with van der Waals surface area (Å²) in [5.41, 5.74) is 5.86. The molecule has 0 radical (unpaired) electrons. The summed E-state index contributed by atoms with van der Waals surface area (Å²) in [6.07, 6.45) is 2.60. The number of aliphatic imine (C=N–C) groups is 1. The summed E-state index contributed by atoms with van der Waals surface area (Å²) < 4.78 is 0. The van der Waals surface area contributed by atoms with E-state index in [9.17, 15) is 0 Å². The lowest BCUT2D eigenvalue weighted by molar-refractivity contribution is 0.141. The lowest BCUT2D eigenvalue weighted by Gasteiger charge is -2.35. The third-order valence-corrected chi connectivity index (χ3v) is 3.48. The minimum absolute atomic E-state index is 0. The highest BCUT2D eigenvalue weighted by Crippen LogP contribution is 2.17. The van der Waals surface area contributed by atoms with E-state index in [4.69, 9.17) is 5.73 Å². The van der Waals surface area contributed by atoms with Crippen LogP contribution < -0.4 is 11.1 Å². The van der Waals surface area contributed by atoms with E-state index in [1.54, 1.807) is 0 Å². The van der Waals surface area contributed by atoms with Crippen LogP contribution in [0, 0.1) is 11.8 Å². The van der Waals surface area contributed by atoms with Crippen LogP contribution >= 0.6 is 24.0 Å². The third kappa shape index (κ3) is 7.97. The van der Waals surface area contributed by atoms with Gasteiger partial charge in [0.15, 0.2) is 5.96 Å².